The monoisotopic (exact) mass is 371 g/mol. The van der Waals surface area contributed by atoms with Crippen LogP contribution in [0.3, 0.4) is 0 Å². The van der Waals surface area contributed by atoms with Crippen LogP contribution in [0.1, 0.15) is 23.1 Å². The standard InChI is InChI=1S/C19H21N3O3S/c1-15-7-9-16(10-8-15)14-22(26(2,24)25)12-11-19(23)21-18-6-4-3-5-17(18)13-20/h3-10H,11-12,14H2,1-2H3,(H,21,23). The number of nitrogens with one attached hydrogen (secondary N) is 1. The molecule has 0 unspecified atom stereocenters. The highest BCUT2D eigenvalue weighted by Gasteiger charge is 2.18. The number of carbonyl (C=O) groups is 1. The molecule has 0 aliphatic rings. The van der Waals surface area contributed by atoms with Gasteiger partial charge in [-0.3, -0.25) is 4.79 Å². The van der Waals surface area contributed by atoms with Crippen molar-refractivity contribution in [1.29, 1.82) is 5.26 Å². The van der Waals surface area contributed by atoms with E-state index in [4.69, 9.17) is 5.26 Å². The van der Waals surface area contributed by atoms with E-state index in [0.29, 0.717) is 11.3 Å². The van der Waals surface area contributed by atoms with Gasteiger partial charge in [0.05, 0.1) is 17.5 Å². The zero-order valence-electron chi connectivity index (χ0n) is 14.8. The summed E-state index contributed by atoms with van der Waals surface area (Å²) in [5.74, 6) is -0.342. The van der Waals surface area contributed by atoms with Gasteiger partial charge >= 0.3 is 0 Å². The smallest absolute Gasteiger partial charge is 0.225 e. The van der Waals surface area contributed by atoms with Crippen molar-refractivity contribution < 1.29 is 13.2 Å². The minimum Gasteiger partial charge on any atom is -0.325 e. The molecule has 2 aromatic carbocycles. The third-order valence-corrected chi connectivity index (χ3v) is 5.11. The third kappa shape index (κ3) is 5.69. The minimum atomic E-state index is -3.45. The van der Waals surface area contributed by atoms with E-state index in [0.717, 1.165) is 17.4 Å². The van der Waals surface area contributed by atoms with Crippen LogP contribution < -0.4 is 5.32 Å². The van der Waals surface area contributed by atoms with E-state index in [9.17, 15) is 13.2 Å². The first kappa shape index (κ1) is 19.6. The van der Waals surface area contributed by atoms with Gasteiger partial charge in [-0.05, 0) is 24.6 Å². The van der Waals surface area contributed by atoms with E-state index in [1.165, 1.54) is 4.31 Å². The molecular formula is C19H21N3O3S. The van der Waals surface area contributed by atoms with Crippen LogP contribution >= 0.6 is 0 Å². The van der Waals surface area contributed by atoms with Gasteiger partial charge in [0.1, 0.15) is 6.07 Å². The number of hydrogen-bond donors (Lipinski definition) is 1. The first-order chi connectivity index (χ1) is 12.3. The maximum atomic E-state index is 12.2. The Morgan fingerprint density at radius 3 is 2.42 bits per heavy atom. The average Bonchev–Trinajstić information content (AvgIpc) is 2.59. The number of aryl methyl sites for hydroxylation is 1. The highest BCUT2D eigenvalue weighted by molar-refractivity contribution is 7.88. The van der Waals surface area contributed by atoms with Crippen molar-refractivity contribution in [2.75, 3.05) is 18.1 Å². The normalized spacial score (nSPS) is 11.2. The van der Waals surface area contributed by atoms with Gasteiger partial charge in [-0.25, -0.2) is 8.42 Å². The zero-order valence-corrected chi connectivity index (χ0v) is 15.6. The SMILES string of the molecule is Cc1ccc(CN(CCC(=O)Nc2ccccc2C#N)S(C)(=O)=O)cc1. The zero-order chi connectivity index (χ0) is 19.2. The highest BCUT2D eigenvalue weighted by Crippen LogP contribution is 2.15. The van der Waals surface area contributed by atoms with Crippen LogP contribution in [0, 0.1) is 18.3 Å². The summed E-state index contributed by atoms with van der Waals surface area (Å²) in [7, 11) is -3.45. The molecule has 0 radical (unpaired) electrons. The molecule has 7 heteroatoms. The lowest BCUT2D eigenvalue weighted by Crippen LogP contribution is -2.32. The lowest BCUT2D eigenvalue weighted by atomic mass is 10.1. The van der Waals surface area contributed by atoms with Crippen LogP contribution in [0.4, 0.5) is 5.69 Å². The number of carbonyl (C=O) groups excluding carboxylic acids is 1. The molecule has 2 aromatic rings. The molecule has 0 heterocycles. The van der Waals surface area contributed by atoms with Crippen molar-refractivity contribution >= 4 is 21.6 Å². The molecule has 0 aromatic heterocycles. The van der Waals surface area contributed by atoms with Gasteiger partial charge in [-0.2, -0.15) is 9.57 Å². The van der Waals surface area contributed by atoms with Crippen LogP contribution in [0.5, 0.6) is 0 Å². The number of nitriles is 1. The number of nitrogens with zero attached hydrogens (tertiary/aromatic N) is 2. The summed E-state index contributed by atoms with van der Waals surface area (Å²) >= 11 is 0. The molecule has 136 valence electrons. The topological polar surface area (TPSA) is 90.3 Å². The predicted octanol–water partition coefficient (Wildman–Crippen LogP) is 2.66. The van der Waals surface area contributed by atoms with Crippen LogP contribution in [0.15, 0.2) is 48.5 Å². The molecule has 0 atom stereocenters. The molecule has 0 spiro atoms. The molecule has 2 rings (SSSR count). The van der Waals surface area contributed by atoms with Gasteiger partial charge in [-0.15, -0.1) is 0 Å². The van der Waals surface area contributed by atoms with E-state index in [-0.39, 0.29) is 25.4 Å². The summed E-state index contributed by atoms with van der Waals surface area (Å²) in [6.07, 6.45) is 1.13. The molecular weight excluding hydrogens is 350 g/mol. The summed E-state index contributed by atoms with van der Waals surface area (Å²) in [5.41, 5.74) is 2.73. The lowest BCUT2D eigenvalue weighted by Gasteiger charge is -2.20. The average molecular weight is 371 g/mol. The number of sulfonamides is 1. The van der Waals surface area contributed by atoms with E-state index in [1.54, 1.807) is 24.3 Å². The molecule has 6 nitrogen and oxygen atoms in total. The van der Waals surface area contributed by atoms with Gasteiger partial charge in [0, 0.05) is 19.5 Å². The van der Waals surface area contributed by atoms with Gasteiger partial charge in [0.15, 0.2) is 0 Å². The minimum absolute atomic E-state index is 0.00130. The Labute approximate surface area is 154 Å². The Morgan fingerprint density at radius 2 is 1.81 bits per heavy atom. The van der Waals surface area contributed by atoms with Crippen molar-refractivity contribution in [3.63, 3.8) is 0 Å². The molecule has 0 saturated heterocycles. The summed E-state index contributed by atoms with van der Waals surface area (Å²) in [6.45, 7) is 2.23. The Hall–Kier alpha value is -2.69. The van der Waals surface area contributed by atoms with Gasteiger partial charge in [0.2, 0.25) is 15.9 Å². The maximum Gasteiger partial charge on any atom is 0.225 e. The Morgan fingerprint density at radius 1 is 1.15 bits per heavy atom. The van der Waals surface area contributed by atoms with Crippen molar-refractivity contribution in [1.82, 2.24) is 4.31 Å². The Balaban J connectivity index is 2.02. The second-order valence-electron chi connectivity index (χ2n) is 6.04. The number of rotatable bonds is 7. The van der Waals surface area contributed by atoms with Gasteiger partial charge in [-0.1, -0.05) is 42.0 Å². The van der Waals surface area contributed by atoms with Crippen LogP contribution in [-0.4, -0.2) is 31.4 Å². The van der Waals surface area contributed by atoms with Crippen molar-refractivity contribution in [2.45, 2.75) is 19.9 Å². The Bertz CT molecular complexity index is 916. The van der Waals surface area contributed by atoms with E-state index in [1.807, 2.05) is 37.3 Å². The number of para-hydroxylation sites is 1. The second-order valence-corrected chi connectivity index (χ2v) is 8.02. The van der Waals surface area contributed by atoms with Crippen molar-refractivity contribution in [2.24, 2.45) is 0 Å². The van der Waals surface area contributed by atoms with Crippen LogP contribution in [-0.2, 0) is 21.4 Å². The van der Waals surface area contributed by atoms with Crippen molar-refractivity contribution in [3.8, 4) is 6.07 Å². The molecule has 0 fully saturated rings. The number of amides is 1. The predicted molar refractivity (Wildman–Crippen MR) is 101 cm³/mol. The number of benzene rings is 2. The molecule has 0 aliphatic heterocycles. The first-order valence-electron chi connectivity index (χ1n) is 8.09. The second kappa shape index (κ2) is 8.61. The fourth-order valence-electron chi connectivity index (χ4n) is 2.39. The maximum absolute atomic E-state index is 12.2. The van der Waals surface area contributed by atoms with Crippen LogP contribution in [0.2, 0.25) is 0 Å². The molecule has 26 heavy (non-hydrogen) atoms. The highest BCUT2D eigenvalue weighted by atomic mass is 32.2. The van der Waals surface area contributed by atoms with Gasteiger partial charge < -0.3 is 5.32 Å². The largest absolute Gasteiger partial charge is 0.325 e. The quantitative estimate of drug-likeness (QED) is 0.810. The third-order valence-electron chi connectivity index (χ3n) is 3.86. The molecule has 0 saturated carbocycles. The van der Waals surface area contributed by atoms with Crippen molar-refractivity contribution in [3.05, 3.63) is 65.2 Å². The van der Waals surface area contributed by atoms with Gasteiger partial charge in [0.25, 0.3) is 0 Å². The summed E-state index contributed by atoms with van der Waals surface area (Å²) in [6, 6.07) is 16.3. The molecule has 0 aliphatic carbocycles. The fourth-order valence-corrected chi connectivity index (χ4v) is 3.19. The molecule has 0 bridgehead atoms. The van der Waals surface area contributed by atoms with E-state index >= 15 is 0 Å². The molecule has 1 N–H and O–H groups in total. The first-order valence-corrected chi connectivity index (χ1v) is 9.94. The van der Waals surface area contributed by atoms with E-state index < -0.39 is 10.0 Å². The Kier molecular flexibility index (Phi) is 6.50. The van der Waals surface area contributed by atoms with Crippen LogP contribution in [0.25, 0.3) is 0 Å². The molecule has 1 amide bonds. The van der Waals surface area contributed by atoms with E-state index in [2.05, 4.69) is 5.32 Å². The summed E-state index contributed by atoms with van der Waals surface area (Å²) in [5, 5.41) is 11.7. The number of anilines is 1. The fraction of sp³-hybridized carbons (Fsp3) is 0.263. The summed E-state index contributed by atoms with van der Waals surface area (Å²) < 4.78 is 25.3. The lowest BCUT2D eigenvalue weighted by molar-refractivity contribution is -0.116. The summed E-state index contributed by atoms with van der Waals surface area (Å²) in [4.78, 5) is 12.2. The number of hydrogen-bond acceptors (Lipinski definition) is 4.